The maximum absolute atomic E-state index is 11.9. The Labute approximate surface area is 78.3 Å². The second-order valence-electron chi connectivity index (χ2n) is 3.48. The number of alkyl halides is 2. The molecule has 0 heterocycles. The van der Waals surface area contributed by atoms with Crippen LogP contribution in [-0.4, -0.2) is 30.2 Å². The lowest BCUT2D eigenvalue weighted by Gasteiger charge is -2.21. The smallest absolute Gasteiger partial charge is 0.265 e. The molecule has 0 amide bonds. The van der Waals surface area contributed by atoms with E-state index in [0.717, 1.165) is 6.42 Å². The minimum Gasteiger partial charge on any atom is -0.386 e. The van der Waals surface area contributed by atoms with Gasteiger partial charge < -0.3 is 10.4 Å². The maximum atomic E-state index is 11.9. The van der Waals surface area contributed by atoms with E-state index in [0.29, 0.717) is 5.92 Å². The van der Waals surface area contributed by atoms with E-state index in [1.54, 1.807) is 0 Å². The summed E-state index contributed by atoms with van der Waals surface area (Å²) in [5.41, 5.74) is 0. The minimum absolute atomic E-state index is 0.0385. The number of nitrogens with one attached hydrogen (secondary N) is 1. The van der Waals surface area contributed by atoms with Crippen molar-refractivity contribution in [3.63, 3.8) is 0 Å². The van der Waals surface area contributed by atoms with Crippen LogP contribution in [0, 0.1) is 5.92 Å². The lowest BCUT2D eigenvalue weighted by Crippen LogP contribution is -2.39. The van der Waals surface area contributed by atoms with Gasteiger partial charge in [0.2, 0.25) is 0 Å². The van der Waals surface area contributed by atoms with Gasteiger partial charge in [-0.15, -0.1) is 0 Å². The minimum atomic E-state index is -2.66. The fourth-order valence-electron chi connectivity index (χ4n) is 0.950. The summed E-state index contributed by atoms with van der Waals surface area (Å²) in [4.78, 5) is 0. The molecule has 0 aromatic heterocycles. The van der Waals surface area contributed by atoms with Crippen LogP contribution in [0.25, 0.3) is 0 Å². The van der Waals surface area contributed by atoms with E-state index in [1.807, 2.05) is 20.8 Å². The molecule has 4 heteroatoms. The van der Waals surface area contributed by atoms with Crippen LogP contribution in [0.4, 0.5) is 8.78 Å². The van der Waals surface area contributed by atoms with Gasteiger partial charge in [-0.05, 0) is 12.8 Å². The van der Waals surface area contributed by atoms with Crippen LogP contribution in [0.2, 0.25) is 0 Å². The first-order chi connectivity index (χ1) is 5.99. The largest absolute Gasteiger partial charge is 0.386 e. The predicted molar refractivity (Wildman–Crippen MR) is 48.9 cm³/mol. The van der Waals surface area contributed by atoms with E-state index in [2.05, 4.69) is 5.32 Å². The van der Waals surface area contributed by atoms with Crippen LogP contribution in [0.15, 0.2) is 0 Å². The van der Waals surface area contributed by atoms with Crippen molar-refractivity contribution in [1.29, 1.82) is 0 Å². The average Bonchev–Trinajstić information content (AvgIpc) is 2.11. The Bertz CT molecular complexity index is 133. The van der Waals surface area contributed by atoms with Crippen molar-refractivity contribution in [3.05, 3.63) is 0 Å². The highest BCUT2D eigenvalue weighted by atomic mass is 19.3. The normalized spacial score (nSPS) is 18.7. The van der Waals surface area contributed by atoms with E-state index < -0.39 is 12.5 Å². The molecule has 0 aliphatic heterocycles. The number of hydrogen-bond acceptors (Lipinski definition) is 2. The van der Waals surface area contributed by atoms with Crippen molar-refractivity contribution < 1.29 is 13.9 Å². The third-order valence-corrected chi connectivity index (χ3v) is 2.44. The van der Waals surface area contributed by atoms with Crippen molar-refractivity contribution in [2.75, 3.05) is 6.54 Å². The summed E-state index contributed by atoms with van der Waals surface area (Å²) in [5, 5.41) is 11.7. The summed E-state index contributed by atoms with van der Waals surface area (Å²) in [6.45, 7) is 5.99. The summed E-state index contributed by atoms with van der Waals surface area (Å²) >= 11 is 0. The summed E-state index contributed by atoms with van der Waals surface area (Å²) in [5.74, 6) is 0.435. The third kappa shape index (κ3) is 5.16. The molecule has 0 aromatic carbocycles. The molecule has 0 rings (SSSR count). The first kappa shape index (κ1) is 12.8. The molecule has 3 unspecified atom stereocenters. The van der Waals surface area contributed by atoms with Gasteiger partial charge in [0.25, 0.3) is 6.43 Å². The van der Waals surface area contributed by atoms with Gasteiger partial charge in [-0.1, -0.05) is 20.3 Å². The zero-order valence-corrected chi connectivity index (χ0v) is 8.43. The molecule has 0 bridgehead atoms. The number of aliphatic hydroxyl groups is 1. The molecule has 13 heavy (non-hydrogen) atoms. The van der Waals surface area contributed by atoms with Crippen molar-refractivity contribution in [3.8, 4) is 0 Å². The fourth-order valence-corrected chi connectivity index (χ4v) is 0.950. The molecule has 0 saturated heterocycles. The fraction of sp³-hybridized carbons (Fsp3) is 1.00. The Morgan fingerprint density at radius 2 is 1.85 bits per heavy atom. The molecule has 0 aliphatic carbocycles. The summed E-state index contributed by atoms with van der Waals surface area (Å²) < 4.78 is 23.7. The number of aliphatic hydroxyl groups excluding tert-OH is 1. The van der Waals surface area contributed by atoms with Gasteiger partial charge in [0.15, 0.2) is 0 Å². The summed E-state index contributed by atoms with van der Waals surface area (Å²) in [6.07, 6.45) is -3.21. The third-order valence-electron chi connectivity index (χ3n) is 2.44. The van der Waals surface area contributed by atoms with Crippen LogP contribution in [0.1, 0.15) is 27.2 Å². The van der Waals surface area contributed by atoms with Crippen LogP contribution in [0.5, 0.6) is 0 Å². The van der Waals surface area contributed by atoms with Crippen LogP contribution >= 0.6 is 0 Å². The highest BCUT2D eigenvalue weighted by Gasteiger charge is 2.18. The second-order valence-corrected chi connectivity index (χ2v) is 3.48. The molecule has 0 spiro atoms. The van der Waals surface area contributed by atoms with Crippen molar-refractivity contribution in [2.24, 2.45) is 5.92 Å². The Morgan fingerprint density at radius 3 is 2.23 bits per heavy atom. The van der Waals surface area contributed by atoms with Crippen LogP contribution in [0.3, 0.4) is 0 Å². The van der Waals surface area contributed by atoms with Crippen LogP contribution < -0.4 is 5.32 Å². The standard InChI is InChI=1S/C9H19F2NO/c1-4-6(2)7(3)12-5-8(13)9(10)11/h6-9,12-13H,4-5H2,1-3H3. The Kier molecular flexibility index (Phi) is 6.16. The molecule has 2 nitrogen and oxygen atoms in total. The maximum Gasteiger partial charge on any atom is 0.265 e. The molecular formula is C9H19F2NO. The van der Waals surface area contributed by atoms with E-state index >= 15 is 0 Å². The average molecular weight is 195 g/mol. The molecule has 0 fully saturated rings. The quantitative estimate of drug-likeness (QED) is 0.675. The lowest BCUT2D eigenvalue weighted by atomic mass is 10.0. The number of halogens is 2. The second kappa shape index (κ2) is 6.27. The van der Waals surface area contributed by atoms with Crippen molar-refractivity contribution >= 4 is 0 Å². The molecule has 80 valence electrons. The van der Waals surface area contributed by atoms with Gasteiger partial charge in [-0.25, -0.2) is 8.78 Å². The number of hydrogen-bond donors (Lipinski definition) is 2. The van der Waals surface area contributed by atoms with E-state index in [-0.39, 0.29) is 12.6 Å². The topological polar surface area (TPSA) is 32.3 Å². The van der Waals surface area contributed by atoms with Crippen LogP contribution in [-0.2, 0) is 0 Å². The molecule has 0 aromatic rings. The highest BCUT2D eigenvalue weighted by molar-refractivity contribution is 4.70. The SMILES string of the molecule is CCC(C)C(C)NCC(O)C(F)F. The van der Waals surface area contributed by atoms with Gasteiger partial charge in [0.1, 0.15) is 6.10 Å². The van der Waals surface area contributed by atoms with Crippen molar-refractivity contribution in [2.45, 2.75) is 45.8 Å². The zero-order valence-electron chi connectivity index (χ0n) is 8.43. The highest BCUT2D eigenvalue weighted by Crippen LogP contribution is 2.07. The molecule has 0 saturated carbocycles. The van der Waals surface area contributed by atoms with Gasteiger partial charge in [-0.2, -0.15) is 0 Å². The monoisotopic (exact) mass is 195 g/mol. The Balaban J connectivity index is 3.63. The van der Waals surface area contributed by atoms with E-state index in [9.17, 15) is 8.78 Å². The summed E-state index contributed by atoms with van der Waals surface area (Å²) in [6, 6.07) is 0.165. The molecule has 2 N–H and O–H groups in total. The molecule has 0 radical (unpaired) electrons. The van der Waals surface area contributed by atoms with Gasteiger partial charge in [0, 0.05) is 12.6 Å². The molecule has 3 atom stereocenters. The van der Waals surface area contributed by atoms with E-state index in [4.69, 9.17) is 5.11 Å². The van der Waals surface area contributed by atoms with Gasteiger partial charge >= 0.3 is 0 Å². The van der Waals surface area contributed by atoms with E-state index in [1.165, 1.54) is 0 Å². The first-order valence-electron chi connectivity index (χ1n) is 4.68. The Hall–Kier alpha value is -0.220. The zero-order chi connectivity index (χ0) is 10.4. The van der Waals surface area contributed by atoms with Crippen molar-refractivity contribution in [1.82, 2.24) is 5.32 Å². The molecular weight excluding hydrogens is 176 g/mol. The lowest BCUT2D eigenvalue weighted by molar-refractivity contribution is -0.00514. The number of rotatable bonds is 6. The summed E-state index contributed by atoms with van der Waals surface area (Å²) in [7, 11) is 0. The predicted octanol–water partition coefficient (Wildman–Crippen LogP) is 1.64. The Morgan fingerprint density at radius 1 is 1.31 bits per heavy atom. The first-order valence-corrected chi connectivity index (χ1v) is 4.68. The molecule has 0 aliphatic rings. The van der Waals surface area contributed by atoms with Gasteiger partial charge in [0.05, 0.1) is 0 Å². The van der Waals surface area contributed by atoms with Gasteiger partial charge in [-0.3, -0.25) is 0 Å².